The number of aryl methyl sites for hydroxylation is 3. The lowest BCUT2D eigenvalue weighted by Gasteiger charge is -2.13. The fraction of sp³-hybridized carbons (Fsp3) is 0.235. The number of carbonyl (C=O) groups is 2. The van der Waals surface area contributed by atoms with Crippen LogP contribution in [0.5, 0.6) is 0 Å². The van der Waals surface area contributed by atoms with Gasteiger partial charge in [0.25, 0.3) is 17.2 Å². The highest BCUT2D eigenvalue weighted by Gasteiger charge is 2.19. The van der Waals surface area contributed by atoms with E-state index in [9.17, 15) is 24.5 Å². The molecule has 0 unspecified atom stereocenters. The molecule has 0 bridgehead atoms. The summed E-state index contributed by atoms with van der Waals surface area (Å²) in [5.74, 6) is -1.66. The predicted molar refractivity (Wildman–Crippen MR) is 95.2 cm³/mol. The fourth-order valence-corrected chi connectivity index (χ4v) is 2.72. The molecule has 0 atom stereocenters. The standard InChI is InChI=1S/C17H18N4O5/c1-9-4-10(2)15(11(3)5-9)19-14(22)8-20-7-12(21(25)26)6-13(16(18)23)17(20)24/h4-7H,8H2,1-3H3,(H2,18,23)(H,19,22). The molecule has 0 aliphatic carbocycles. The molecular weight excluding hydrogens is 340 g/mol. The van der Waals surface area contributed by atoms with Crippen LogP contribution in [0.1, 0.15) is 27.0 Å². The van der Waals surface area contributed by atoms with Crippen molar-refractivity contribution in [3.8, 4) is 0 Å². The number of rotatable bonds is 5. The fourth-order valence-electron chi connectivity index (χ4n) is 2.72. The molecule has 1 heterocycles. The first kappa shape index (κ1) is 18.8. The number of nitro groups is 1. The van der Waals surface area contributed by atoms with E-state index in [1.165, 1.54) is 0 Å². The zero-order valence-corrected chi connectivity index (χ0v) is 14.5. The van der Waals surface area contributed by atoms with Crippen LogP contribution >= 0.6 is 0 Å². The maximum Gasteiger partial charge on any atom is 0.286 e. The Labute approximate surface area is 148 Å². The Morgan fingerprint density at radius 2 is 1.77 bits per heavy atom. The SMILES string of the molecule is Cc1cc(C)c(NC(=O)Cn2cc([N+](=O)[O-])cc(C(N)=O)c2=O)c(C)c1. The summed E-state index contributed by atoms with van der Waals surface area (Å²) in [5, 5.41) is 13.7. The van der Waals surface area contributed by atoms with Gasteiger partial charge in [-0.3, -0.25) is 29.1 Å². The quantitative estimate of drug-likeness (QED) is 0.615. The first-order valence-electron chi connectivity index (χ1n) is 7.66. The van der Waals surface area contributed by atoms with Crippen LogP contribution in [-0.2, 0) is 11.3 Å². The van der Waals surface area contributed by atoms with Gasteiger partial charge in [-0.25, -0.2) is 0 Å². The van der Waals surface area contributed by atoms with Crippen LogP contribution < -0.4 is 16.6 Å². The molecule has 9 heteroatoms. The molecule has 0 fully saturated rings. The molecule has 2 aromatic rings. The highest BCUT2D eigenvalue weighted by Crippen LogP contribution is 2.22. The van der Waals surface area contributed by atoms with E-state index in [0.717, 1.165) is 33.5 Å². The topological polar surface area (TPSA) is 137 Å². The third-order valence-corrected chi connectivity index (χ3v) is 3.80. The van der Waals surface area contributed by atoms with Crippen LogP contribution in [0.2, 0.25) is 0 Å². The van der Waals surface area contributed by atoms with Crippen LogP contribution in [0.25, 0.3) is 0 Å². The van der Waals surface area contributed by atoms with Crippen molar-refractivity contribution in [3.63, 3.8) is 0 Å². The number of nitrogens with zero attached hydrogens (tertiary/aromatic N) is 2. The van der Waals surface area contributed by atoms with E-state index >= 15 is 0 Å². The molecule has 2 rings (SSSR count). The van der Waals surface area contributed by atoms with E-state index in [2.05, 4.69) is 5.32 Å². The van der Waals surface area contributed by atoms with Crippen molar-refractivity contribution < 1.29 is 14.5 Å². The van der Waals surface area contributed by atoms with E-state index in [1.807, 2.05) is 32.9 Å². The third-order valence-electron chi connectivity index (χ3n) is 3.80. The number of hydrogen-bond donors (Lipinski definition) is 2. The summed E-state index contributed by atoms with van der Waals surface area (Å²) in [5.41, 5.74) is 6.51. The first-order valence-corrected chi connectivity index (χ1v) is 7.66. The average Bonchev–Trinajstić information content (AvgIpc) is 2.52. The average molecular weight is 358 g/mol. The minimum atomic E-state index is -1.10. The predicted octanol–water partition coefficient (Wildman–Crippen LogP) is 1.42. The summed E-state index contributed by atoms with van der Waals surface area (Å²) < 4.78 is 0.798. The Hall–Kier alpha value is -3.49. The maximum atomic E-state index is 12.3. The Morgan fingerprint density at radius 1 is 1.19 bits per heavy atom. The molecule has 9 nitrogen and oxygen atoms in total. The number of hydrogen-bond acceptors (Lipinski definition) is 5. The van der Waals surface area contributed by atoms with Gasteiger partial charge in [0.05, 0.1) is 11.1 Å². The largest absolute Gasteiger partial charge is 0.365 e. The monoisotopic (exact) mass is 358 g/mol. The lowest BCUT2D eigenvalue weighted by atomic mass is 10.1. The second-order valence-electron chi connectivity index (χ2n) is 5.99. The van der Waals surface area contributed by atoms with Crippen molar-refractivity contribution >= 4 is 23.2 Å². The Bertz CT molecular complexity index is 955. The minimum absolute atomic E-state index is 0.493. The molecule has 0 saturated carbocycles. The van der Waals surface area contributed by atoms with Crippen LogP contribution in [0.15, 0.2) is 29.2 Å². The number of aromatic nitrogens is 1. The van der Waals surface area contributed by atoms with Crippen molar-refractivity contribution in [1.29, 1.82) is 0 Å². The van der Waals surface area contributed by atoms with E-state index in [-0.39, 0.29) is 0 Å². The van der Waals surface area contributed by atoms with Gasteiger partial charge >= 0.3 is 0 Å². The van der Waals surface area contributed by atoms with E-state index in [1.54, 1.807) is 0 Å². The molecule has 1 aromatic carbocycles. The van der Waals surface area contributed by atoms with Gasteiger partial charge in [0.2, 0.25) is 5.91 Å². The lowest BCUT2D eigenvalue weighted by Crippen LogP contribution is -2.33. The van der Waals surface area contributed by atoms with Crippen molar-refractivity contribution in [2.75, 3.05) is 5.32 Å². The maximum absolute atomic E-state index is 12.3. The van der Waals surface area contributed by atoms with Gasteiger partial charge in [-0.1, -0.05) is 17.7 Å². The van der Waals surface area contributed by atoms with Crippen molar-refractivity contribution in [1.82, 2.24) is 4.57 Å². The number of pyridine rings is 1. The number of amides is 2. The van der Waals surface area contributed by atoms with Crippen LogP contribution in [0.4, 0.5) is 11.4 Å². The zero-order valence-electron chi connectivity index (χ0n) is 14.5. The number of anilines is 1. The highest BCUT2D eigenvalue weighted by molar-refractivity contribution is 5.94. The van der Waals surface area contributed by atoms with Gasteiger partial charge in [-0.05, 0) is 31.9 Å². The van der Waals surface area contributed by atoms with Gasteiger partial charge in [0.1, 0.15) is 12.1 Å². The van der Waals surface area contributed by atoms with Crippen LogP contribution in [-0.4, -0.2) is 21.3 Å². The highest BCUT2D eigenvalue weighted by atomic mass is 16.6. The van der Waals surface area contributed by atoms with Crippen LogP contribution in [0, 0.1) is 30.9 Å². The summed E-state index contributed by atoms with van der Waals surface area (Å²) in [6.07, 6.45) is 0.906. The minimum Gasteiger partial charge on any atom is -0.365 e. The Kier molecular flexibility index (Phi) is 5.20. The zero-order chi connectivity index (χ0) is 19.6. The molecule has 1 aromatic heterocycles. The van der Waals surface area contributed by atoms with Crippen molar-refractivity contribution in [3.05, 3.63) is 67.1 Å². The summed E-state index contributed by atoms with van der Waals surface area (Å²) >= 11 is 0. The second kappa shape index (κ2) is 7.18. The molecular formula is C17H18N4O5. The summed E-state index contributed by atoms with van der Waals surface area (Å²) in [6.45, 7) is 5.11. The summed E-state index contributed by atoms with van der Waals surface area (Å²) in [7, 11) is 0. The summed E-state index contributed by atoms with van der Waals surface area (Å²) in [4.78, 5) is 46.1. The Balaban J connectivity index is 2.36. The molecule has 0 saturated heterocycles. The third kappa shape index (κ3) is 3.94. The molecule has 0 spiro atoms. The summed E-state index contributed by atoms with van der Waals surface area (Å²) in [6, 6.07) is 4.59. The molecule has 0 aliphatic heterocycles. The van der Waals surface area contributed by atoms with Gasteiger partial charge in [0, 0.05) is 11.8 Å². The normalized spacial score (nSPS) is 10.4. The smallest absolute Gasteiger partial charge is 0.286 e. The number of nitrogens with two attached hydrogens (primary N) is 1. The molecule has 136 valence electrons. The Morgan fingerprint density at radius 3 is 2.27 bits per heavy atom. The van der Waals surface area contributed by atoms with Crippen LogP contribution in [0.3, 0.4) is 0 Å². The van der Waals surface area contributed by atoms with E-state index < -0.39 is 40.1 Å². The first-order chi connectivity index (χ1) is 12.1. The van der Waals surface area contributed by atoms with Gasteiger partial charge < -0.3 is 11.1 Å². The molecule has 0 radical (unpaired) electrons. The van der Waals surface area contributed by atoms with Gasteiger partial charge in [-0.15, -0.1) is 0 Å². The van der Waals surface area contributed by atoms with Crippen molar-refractivity contribution in [2.24, 2.45) is 5.73 Å². The van der Waals surface area contributed by atoms with E-state index in [4.69, 9.17) is 5.73 Å². The van der Waals surface area contributed by atoms with Gasteiger partial charge in [-0.2, -0.15) is 0 Å². The molecule has 3 N–H and O–H groups in total. The number of nitrogens with one attached hydrogen (secondary N) is 1. The lowest BCUT2D eigenvalue weighted by molar-refractivity contribution is -0.385. The van der Waals surface area contributed by atoms with Gasteiger partial charge in [0.15, 0.2) is 0 Å². The number of primary amides is 1. The number of carbonyl (C=O) groups excluding carboxylic acids is 2. The number of benzene rings is 1. The molecule has 2 amide bonds. The second-order valence-corrected chi connectivity index (χ2v) is 5.99. The molecule has 0 aliphatic rings. The van der Waals surface area contributed by atoms with Crippen molar-refractivity contribution in [2.45, 2.75) is 27.3 Å². The van der Waals surface area contributed by atoms with E-state index in [0.29, 0.717) is 5.69 Å². The molecule has 26 heavy (non-hydrogen) atoms.